The molecule has 1 unspecified atom stereocenters. The van der Waals surface area contributed by atoms with Crippen LogP contribution in [-0.4, -0.2) is 34.4 Å². The van der Waals surface area contributed by atoms with Crippen LogP contribution in [0.15, 0.2) is 12.7 Å². The Balaban J connectivity index is 3.69. The van der Waals surface area contributed by atoms with Crippen LogP contribution < -0.4 is 0 Å². The van der Waals surface area contributed by atoms with E-state index in [1.807, 2.05) is 0 Å². The highest BCUT2D eigenvalue weighted by atomic mass is 16.5. The van der Waals surface area contributed by atoms with Gasteiger partial charge in [-0.05, 0) is 19.8 Å². The fourth-order valence-electron chi connectivity index (χ4n) is 0.755. The zero-order chi connectivity index (χ0) is 11.2. The number of hydrogen-bond donors (Lipinski definition) is 2. The van der Waals surface area contributed by atoms with E-state index in [2.05, 4.69) is 11.3 Å². The Labute approximate surface area is 82.0 Å². The molecule has 80 valence electrons. The first-order chi connectivity index (χ1) is 6.40. The summed E-state index contributed by atoms with van der Waals surface area (Å²) in [6.07, 6.45) is 1.35. The highest BCUT2D eigenvalue weighted by Crippen LogP contribution is 2.11. The summed E-state index contributed by atoms with van der Waals surface area (Å²) in [5.74, 6) is -1.84. The van der Waals surface area contributed by atoms with E-state index < -0.39 is 17.5 Å². The van der Waals surface area contributed by atoms with Gasteiger partial charge < -0.3 is 14.9 Å². The topological polar surface area (TPSA) is 83.8 Å². The number of carbonyl (C=O) groups is 2. The zero-order valence-corrected chi connectivity index (χ0v) is 8.02. The van der Waals surface area contributed by atoms with Crippen molar-refractivity contribution in [3.63, 3.8) is 0 Å². The summed E-state index contributed by atoms with van der Waals surface area (Å²) in [4.78, 5) is 21.0. The number of aliphatic carboxylic acids is 1. The van der Waals surface area contributed by atoms with E-state index in [1.54, 1.807) is 0 Å². The van der Waals surface area contributed by atoms with E-state index in [0.717, 1.165) is 6.08 Å². The Hall–Kier alpha value is -1.36. The van der Waals surface area contributed by atoms with Gasteiger partial charge in [0.15, 0.2) is 5.60 Å². The Morgan fingerprint density at radius 1 is 1.57 bits per heavy atom. The Kier molecular flexibility index (Phi) is 4.86. The minimum atomic E-state index is -1.76. The molecule has 2 N–H and O–H groups in total. The molecule has 0 fully saturated rings. The van der Waals surface area contributed by atoms with Gasteiger partial charge in [0.05, 0.1) is 6.61 Å². The molecule has 0 saturated carbocycles. The summed E-state index contributed by atoms with van der Waals surface area (Å²) >= 11 is 0. The van der Waals surface area contributed by atoms with E-state index in [0.29, 0.717) is 6.42 Å². The normalized spacial score (nSPS) is 14.1. The van der Waals surface area contributed by atoms with Crippen molar-refractivity contribution >= 4 is 11.9 Å². The van der Waals surface area contributed by atoms with E-state index in [9.17, 15) is 14.7 Å². The Bertz CT molecular complexity index is 231. The van der Waals surface area contributed by atoms with Gasteiger partial charge in [-0.1, -0.05) is 6.58 Å². The SMILES string of the molecule is C=CC(=O)OCCCC(C)(O)C(=O)O. The number of carboxylic acids is 1. The second kappa shape index (κ2) is 5.39. The van der Waals surface area contributed by atoms with Gasteiger partial charge in [0.1, 0.15) is 0 Å². The lowest BCUT2D eigenvalue weighted by molar-refractivity contribution is -0.157. The lowest BCUT2D eigenvalue weighted by atomic mass is 10.0. The predicted octanol–water partition coefficient (Wildman–Crippen LogP) is 0.331. The minimum Gasteiger partial charge on any atom is -0.479 e. The van der Waals surface area contributed by atoms with Crippen molar-refractivity contribution in [2.45, 2.75) is 25.4 Å². The molecule has 0 radical (unpaired) electrons. The Morgan fingerprint density at radius 2 is 2.14 bits per heavy atom. The van der Waals surface area contributed by atoms with Crippen molar-refractivity contribution in [1.29, 1.82) is 0 Å². The minimum absolute atomic E-state index is 0.0345. The smallest absolute Gasteiger partial charge is 0.335 e. The van der Waals surface area contributed by atoms with Crippen LogP contribution in [0.1, 0.15) is 19.8 Å². The molecule has 14 heavy (non-hydrogen) atoms. The lowest BCUT2D eigenvalue weighted by Gasteiger charge is -2.16. The van der Waals surface area contributed by atoms with Gasteiger partial charge in [-0.15, -0.1) is 0 Å². The second-order valence-electron chi connectivity index (χ2n) is 3.05. The van der Waals surface area contributed by atoms with Crippen molar-refractivity contribution in [2.24, 2.45) is 0 Å². The zero-order valence-electron chi connectivity index (χ0n) is 8.02. The van der Waals surface area contributed by atoms with Crippen molar-refractivity contribution in [1.82, 2.24) is 0 Å². The molecule has 0 aliphatic heterocycles. The van der Waals surface area contributed by atoms with Gasteiger partial charge in [0.2, 0.25) is 0 Å². The highest BCUT2D eigenvalue weighted by Gasteiger charge is 2.28. The molecule has 0 aromatic rings. The maximum Gasteiger partial charge on any atom is 0.335 e. The maximum absolute atomic E-state index is 10.6. The fraction of sp³-hybridized carbons (Fsp3) is 0.556. The third-order valence-electron chi connectivity index (χ3n) is 1.68. The number of carbonyl (C=O) groups excluding carboxylic acids is 1. The van der Waals surface area contributed by atoms with Crippen LogP contribution in [0.3, 0.4) is 0 Å². The molecule has 0 spiro atoms. The third kappa shape index (κ3) is 4.61. The molecule has 0 rings (SSSR count). The van der Waals surface area contributed by atoms with Crippen LogP contribution in [0.2, 0.25) is 0 Å². The summed E-state index contributed by atoms with van der Waals surface area (Å²) in [6.45, 7) is 4.48. The molecular formula is C9H14O5. The number of hydrogen-bond acceptors (Lipinski definition) is 4. The second-order valence-corrected chi connectivity index (χ2v) is 3.05. The third-order valence-corrected chi connectivity index (χ3v) is 1.68. The van der Waals surface area contributed by atoms with Gasteiger partial charge in [0.25, 0.3) is 0 Å². The highest BCUT2D eigenvalue weighted by molar-refractivity contribution is 5.81. The first-order valence-corrected chi connectivity index (χ1v) is 4.15. The first kappa shape index (κ1) is 12.6. The van der Waals surface area contributed by atoms with E-state index in [4.69, 9.17) is 5.11 Å². The molecular weight excluding hydrogens is 188 g/mol. The van der Waals surface area contributed by atoms with Gasteiger partial charge in [0, 0.05) is 6.08 Å². The number of aliphatic hydroxyl groups is 1. The monoisotopic (exact) mass is 202 g/mol. The summed E-state index contributed by atoms with van der Waals surface area (Å²) in [5, 5.41) is 17.8. The van der Waals surface area contributed by atoms with Gasteiger partial charge in [-0.25, -0.2) is 9.59 Å². The Morgan fingerprint density at radius 3 is 2.57 bits per heavy atom. The summed E-state index contributed by atoms with van der Waals surface area (Å²) in [6, 6.07) is 0. The average Bonchev–Trinajstić information content (AvgIpc) is 2.11. The molecule has 0 aromatic carbocycles. The van der Waals surface area contributed by atoms with Crippen LogP contribution in [0.25, 0.3) is 0 Å². The molecule has 0 bridgehead atoms. The summed E-state index contributed by atoms with van der Waals surface area (Å²) < 4.78 is 4.61. The summed E-state index contributed by atoms with van der Waals surface area (Å²) in [7, 11) is 0. The molecule has 0 aromatic heterocycles. The number of carboxylic acid groups (broad SMARTS) is 1. The number of rotatable bonds is 6. The van der Waals surface area contributed by atoms with Gasteiger partial charge >= 0.3 is 11.9 Å². The molecule has 0 aliphatic carbocycles. The van der Waals surface area contributed by atoms with Crippen molar-refractivity contribution in [3.05, 3.63) is 12.7 Å². The van der Waals surface area contributed by atoms with Crippen LogP contribution in [0, 0.1) is 0 Å². The van der Waals surface area contributed by atoms with Gasteiger partial charge in [-0.3, -0.25) is 0 Å². The van der Waals surface area contributed by atoms with Crippen LogP contribution in [0.4, 0.5) is 0 Å². The quantitative estimate of drug-likeness (QED) is 0.368. The molecule has 1 atom stereocenters. The number of esters is 1. The fourth-order valence-corrected chi connectivity index (χ4v) is 0.755. The van der Waals surface area contributed by atoms with Crippen molar-refractivity contribution < 1.29 is 24.5 Å². The van der Waals surface area contributed by atoms with Crippen molar-refractivity contribution in [3.8, 4) is 0 Å². The molecule has 0 heterocycles. The van der Waals surface area contributed by atoms with Crippen LogP contribution in [0.5, 0.6) is 0 Å². The van der Waals surface area contributed by atoms with Crippen molar-refractivity contribution in [2.75, 3.05) is 6.61 Å². The number of ether oxygens (including phenoxy) is 1. The average molecular weight is 202 g/mol. The van der Waals surface area contributed by atoms with E-state index in [1.165, 1.54) is 6.92 Å². The standard InChI is InChI=1S/C9H14O5/c1-3-7(10)14-6-4-5-9(2,13)8(11)12/h3,13H,1,4-6H2,2H3,(H,11,12). The van der Waals surface area contributed by atoms with E-state index >= 15 is 0 Å². The van der Waals surface area contributed by atoms with E-state index in [-0.39, 0.29) is 13.0 Å². The molecule has 5 nitrogen and oxygen atoms in total. The molecule has 0 saturated heterocycles. The predicted molar refractivity (Wildman–Crippen MR) is 48.6 cm³/mol. The molecule has 5 heteroatoms. The molecule has 0 amide bonds. The van der Waals surface area contributed by atoms with Crippen LogP contribution >= 0.6 is 0 Å². The summed E-state index contributed by atoms with van der Waals surface area (Å²) in [5.41, 5.74) is -1.76. The first-order valence-electron chi connectivity index (χ1n) is 4.15. The van der Waals surface area contributed by atoms with Gasteiger partial charge in [-0.2, -0.15) is 0 Å². The largest absolute Gasteiger partial charge is 0.479 e. The lowest BCUT2D eigenvalue weighted by Crippen LogP contribution is -2.34. The molecule has 0 aliphatic rings. The maximum atomic E-state index is 10.6. The van der Waals surface area contributed by atoms with Crippen LogP contribution in [-0.2, 0) is 14.3 Å².